The molecule has 2 aromatic rings. The van der Waals surface area contributed by atoms with Crippen LogP contribution in [0, 0.1) is 0 Å². The second kappa shape index (κ2) is 7.79. The quantitative estimate of drug-likeness (QED) is 0.717. The highest BCUT2D eigenvalue weighted by Crippen LogP contribution is 2.43. The van der Waals surface area contributed by atoms with Gasteiger partial charge in [-0.1, -0.05) is 32.1 Å². The van der Waals surface area contributed by atoms with Crippen LogP contribution in [0.3, 0.4) is 0 Å². The van der Waals surface area contributed by atoms with Crippen LogP contribution < -0.4 is 5.32 Å². The van der Waals surface area contributed by atoms with E-state index in [2.05, 4.69) is 36.5 Å². The number of rotatable bonds is 3. The van der Waals surface area contributed by atoms with E-state index in [4.69, 9.17) is 9.72 Å². The van der Waals surface area contributed by atoms with Gasteiger partial charge in [0.1, 0.15) is 0 Å². The van der Waals surface area contributed by atoms with Crippen LogP contribution in [0.5, 0.6) is 0 Å². The van der Waals surface area contributed by atoms with Crippen LogP contribution in [0.4, 0.5) is 9.93 Å². The number of aromatic nitrogens is 2. The molecule has 2 fully saturated rings. The Balaban J connectivity index is 1.25. The summed E-state index contributed by atoms with van der Waals surface area (Å²) >= 11 is 3.14. The molecule has 9 heteroatoms. The number of piperidine rings is 1. The minimum Gasteiger partial charge on any atom is -0.389 e. The lowest BCUT2D eigenvalue weighted by Gasteiger charge is -2.43. The summed E-state index contributed by atoms with van der Waals surface area (Å²) in [6.07, 6.45) is 4.45. The minimum absolute atomic E-state index is 0.0129. The van der Waals surface area contributed by atoms with Crippen molar-refractivity contribution in [2.45, 2.75) is 89.0 Å². The first kappa shape index (κ1) is 21.3. The summed E-state index contributed by atoms with van der Waals surface area (Å²) in [5, 5.41) is 18.2. The van der Waals surface area contributed by atoms with E-state index in [1.165, 1.54) is 11.3 Å². The van der Waals surface area contributed by atoms with E-state index in [-0.39, 0.29) is 23.5 Å². The lowest BCUT2D eigenvalue weighted by molar-refractivity contribution is -0.0367. The predicted octanol–water partition coefficient (Wildman–Crippen LogP) is 4.10. The normalized spacial score (nSPS) is 27.9. The summed E-state index contributed by atoms with van der Waals surface area (Å²) in [4.78, 5) is 25.5. The molecule has 7 nitrogen and oxygen atoms in total. The molecule has 2 unspecified atom stereocenters. The van der Waals surface area contributed by atoms with E-state index in [1.54, 1.807) is 11.3 Å². The van der Waals surface area contributed by atoms with Gasteiger partial charge in [-0.15, -0.1) is 11.3 Å². The van der Waals surface area contributed by atoms with Gasteiger partial charge in [0.2, 0.25) is 0 Å². The Morgan fingerprint density at radius 2 is 2.06 bits per heavy atom. The topological polar surface area (TPSA) is 87.6 Å². The summed E-state index contributed by atoms with van der Waals surface area (Å²) in [5.74, 6) is 0. The average molecular weight is 463 g/mol. The first-order valence-electron chi connectivity index (χ1n) is 11.0. The molecule has 3 aliphatic rings. The smallest absolute Gasteiger partial charge is 0.324 e. The number of hydrogen-bond acceptors (Lipinski definition) is 7. The van der Waals surface area contributed by atoms with Crippen molar-refractivity contribution in [2.75, 3.05) is 11.9 Å². The van der Waals surface area contributed by atoms with Gasteiger partial charge in [-0.2, -0.15) is 0 Å². The van der Waals surface area contributed by atoms with E-state index in [0.29, 0.717) is 37.6 Å². The number of nitrogens with zero attached hydrogens (tertiary/aromatic N) is 3. The Kier molecular flexibility index (Phi) is 5.36. The third kappa shape index (κ3) is 4.25. The minimum atomic E-state index is -0.798. The molecule has 0 spiro atoms. The van der Waals surface area contributed by atoms with Gasteiger partial charge in [0.25, 0.3) is 0 Å². The standard InChI is InChI=1S/C22H30N4O3S2/c1-21(2,3)17-12-30-18(24-17)10-22(28)8-13-4-5-14(9-22)26(13)20(27)25-19-23-15-6-7-29-11-16(15)31-19/h12-14,28H,4-11H2,1-3H3,(H,23,25,27). The molecule has 2 amide bonds. The van der Waals surface area contributed by atoms with Crippen molar-refractivity contribution < 1.29 is 14.6 Å². The highest BCUT2D eigenvalue weighted by atomic mass is 32.1. The van der Waals surface area contributed by atoms with Crippen molar-refractivity contribution in [1.82, 2.24) is 14.9 Å². The number of carbonyl (C=O) groups excluding carboxylic acids is 1. The SMILES string of the molecule is CC(C)(C)c1csc(CC2(O)CC3CCC(C2)N3C(=O)Nc2nc3c(s2)COCC3)n1. The first-order valence-corrected chi connectivity index (χ1v) is 12.7. The van der Waals surface area contributed by atoms with Crippen molar-refractivity contribution in [3.05, 3.63) is 26.7 Å². The van der Waals surface area contributed by atoms with Gasteiger partial charge in [-0.05, 0) is 25.7 Å². The van der Waals surface area contributed by atoms with Crippen LogP contribution in [0.15, 0.2) is 5.38 Å². The molecule has 31 heavy (non-hydrogen) atoms. The zero-order valence-electron chi connectivity index (χ0n) is 18.3. The number of amides is 2. The molecule has 2 bridgehead atoms. The van der Waals surface area contributed by atoms with Crippen molar-refractivity contribution in [2.24, 2.45) is 0 Å². The molecule has 2 atom stereocenters. The molecule has 0 aliphatic carbocycles. The highest BCUT2D eigenvalue weighted by molar-refractivity contribution is 7.15. The molecular formula is C22H30N4O3S2. The molecule has 0 radical (unpaired) electrons. The second-order valence-electron chi connectivity index (χ2n) is 10.1. The van der Waals surface area contributed by atoms with Gasteiger partial charge in [-0.3, -0.25) is 5.32 Å². The van der Waals surface area contributed by atoms with E-state index >= 15 is 0 Å². The Morgan fingerprint density at radius 3 is 2.71 bits per heavy atom. The molecule has 0 saturated carbocycles. The molecule has 2 N–H and O–H groups in total. The van der Waals surface area contributed by atoms with Crippen LogP contribution in [-0.4, -0.2) is 50.3 Å². The van der Waals surface area contributed by atoms with Crippen molar-refractivity contribution in [3.63, 3.8) is 0 Å². The fourth-order valence-electron chi connectivity index (χ4n) is 5.05. The number of hydrogen-bond donors (Lipinski definition) is 2. The van der Waals surface area contributed by atoms with E-state index in [0.717, 1.165) is 40.5 Å². The van der Waals surface area contributed by atoms with Crippen molar-refractivity contribution in [3.8, 4) is 0 Å². The summed E-state index contributed by atoms with van der Waals surface area (Å²) in [5.41, 5.74) is 1.33. The Morgan fingerprint density at radius 1 is 1.32 bits per heavy atom. The Labute approximate surface area is 190 Å². The van der Waals surface area contributed by atoms with Crippen LogP contribution >= 0.6 is 22.7 Å². The molecule has 5 heterocycles. The van der Waals surface area contributed by atoms with Crippen LogP contribution in [-0.2, 0) is 29.6 Å². The van der Waals surface area contributed by atoms with Gasteiger partial charge in [0.05, 0.1) is 40.1 Å². The summed E-state index contributed by atoms with van der Waals surface area (Å²) < 4.78 is 5.48. The summed E-state index contributed by atoms with van der Waals surface area (Å²) in [6.45, 7) is 7.74. The van der Waals surface area contributed by atoms with Gasteiger partial charge >= 0.3 is 6.03 Å². The van der Waals surface area contributed by atoms with Crippen LogP contribution in [0.25, 0.3) is 0 Å². The van der Waals surface area contributed by atoms with Gasteiger partial charge in [0, 0.05) is 35.7 Å². The number of nitrogens with one attached hydrogen (secondary N) is 1. The molecule has 2 aromatic heterocycles. The zero-order valence-corrected chi connectivity index (χ0v) is 19.9. The number of urea groups is 1. The van der Waals surface area contributed by atoms with Gasteiger partial charge in [0.15, 0.2) is 5.13 Å². The summed E-state index contributed by atoms with van der Waals surface area (Å²) in [6, 6.07) is 0.0262. The molecule has 3 aliphatic heterocycles. The molecule has 0 aromatic carbocycles. The van der Waals surface area contributed by atoms with Crippen LogP contribution in [0.1, 0.15) is 67.7 Å². The molecular weight excluding hydrogens is 432 g/mol. The fraction of sp³-hybridized carbons (Fsp3) is 0.682. The number of thiazole rings is 2. The first-order chi connectivity index (χ1) is 14.7. The average Bonchev–Trinajstić information content (AvgIpc) is 3.37. The molecule has 2 saturated heterocycles. The maximum atomic E-state index is 13.1. The number of ether oxygens (including phenoxy) is 1. The molecule has 5 rings (SSSR count). The third-order valence-corrected chi connectivity index (χ3v) is 8.43. The van der Waals surface area contributed by atoms with E-state index in [9.17, 15) is 9.90 Å². The fourth-order valence-corrected chi connectivity index (χ4v) is 7.14. The Hall–Kier alpha value is -1.55. The van der Waals surface area contributed by atoms with Gasteiger partial charge in [-0.25, -0.2) is 14.8 Å². The maximum Gasteiger partial charge on any atom is 0.324 e. The highest BCUT2D eigenvalue weighted by Gasteiger charge is 2.49. The van der Waals surface area contributed by atoms with E-state index in [1.807, 2.05) is 4.90 Å². The predicted molar refractivity (Wildman–Crippen MR) is 122 cm³/mol. The Bertz CT molecular complexity index is 942. The van der Waals surface area contributed by atoms with Gasteiger partial charge < -0.3 is 14.7 Å². The van der Waals surface area contributed by atoms with Crippen molar-refractivity contribution >= 4 is 33.8 Å². The number of aliphatic hydroxyl groups is 1. The number of anilines is 1. The zero-order chi connectivity index (χ0) is 21.8. The molecule has 168 valence electrons. The lowest BCUT2D eigenvalue weighted by atomic mass is 9.83. The monoisotopic (exact) mass is 462 g/mol. The second-order valence-corrected chi connectivity index (χ2v) is 12.1. The number of carbonyl (C=O) groups is 1. The number of fused-ring (bicyclic) bond motifs is 3. The largest absolute Gasteiger partial charge is 0.389 e. The summed E-state index contributed by atoms with van der Waals surface area (Å²) in [7, 11) is 0. The van der Waals surface area contributed by atoms with Crippen LogP contribution in [0.2, 0.25) is 0 Å². The lowest BCUT2D eigenvalue weighted by Crippen LogP contribution is -2.55. The maximum absolute atomic E-state index is 13.1. The van der Waals surface area contributed by atoms with Crippen molar-refractivity contribution in [1.29, 1.82) is 0 Å². The van der Waals surface area contributed by atoms with E-state index < -0.39 is 5.60 Å². The third-order valence-electron chi connectivity index (χ3n) is 6.59.